The Morgan fingerprint density at radius 1 is 1.35 bits per heavy atom. The fourth-order valence-corrected chi connectivity index (χ4v) is 2.56. The van der Waals surface area contributed by atoms with Crippen LogP contribution in [-0.2, 0) is 11.0 Å². The van der Waals surface area contributed by atoms with Crippen LogP contribution in [-0.4, -0.2) is 15.7 Å². The summed E-state index contributed by atoms with van der Waals surface area (Å²) < 4.78 is 40.0. The first kappa shape index (κ1) is 15.9. The first-order valence-electron chi connectivity index (χ1n) is 7.00. The van der Waals surface area contributed by atoms with Crippen molar-refractivity contribution >= 4 is 23.2 Å². The number of alkyl halides is 3. The predicted molar refractivity (Wildman–Crippen MR) is 79.9 cm³/mol. The second-order valence-electron chi connectivity index (χ2n) is 5.48. The highest BCUT2D eigenvalue weighted by molar-refractivity contribution is 6.33. The van der Waals surface area contributed by atoms with Crippen molar-refractivity contribution in [3.8, 4) is 5.69 Å². The van der Waals surface area contributed by atoms with Gasteiger partial charge in [0.05, 0.1) is 16.4 Å². The van der Waals surface area contributed by atoms with E-state index in [9.17, 15) is 18.0 Å². The summed E-state index contributed by atoms with van der Waals surface area (Å²) in [7, 11) is 0. The summed E-state index contributed by atoms with van der Waals surface area (Å²) in [5, 5.41) is 6.48. The van der Waals surface area contributed by atoms with Crippen molar-refractivity contribution in [2.24, 2.45) is 0 Å². The molecule has 122 valence electrons. The molecule has 0 unspecified atom stereocenters. The van der Waals surface area contributed by atoms with E-state index >= 15 is 0 Å². The smallest absolute Gasteiger partial charge is 0.325 e. The van der Waals surface area contributed by atoms with Crippen LogP contribution in [0.1, 0.15) is 37.1 Å². The van der Waals surface area contributed by atoms with Crippen LogP contribution in [0.5, 0.6) is 0 Å². The van der Waals surface area contributed by atoms with Crippen LogP contribution in [0.4, 0.5) is 18.9 Å². The van der Waals surface area contributed by atoms with Gasteiger partial charge in [0.15, 0.2) is 5.69 Å². The highest BCUT2D eigenvalue weighted by Gasteiger charge is 2.38. The molecular formula is C15H13ClF3N3O. The molecule has 1 aliphatic carbocycles. The Hall–Kier alpha value is -2.02. The van der Waals surface area contributed by atoms with Gasteiger partial charge >= 0.3 is 6.18 Å². The molecule has 1 N–H and O–H groups in total. The minimum absolute atomic E-state index is 0.0902. The lowest BCUT2D eigenvalue weighted by Gasteiger charge is -2.10. The van der Waals surface area contributed by atoms with Crippen molar-refractivity contribution in [3.63, 3.8) is 0 Å². The van der Waals surface area contributed by atoms with Crippen LogP contribution in [0.15, 0.2) is 24.3 Å². The summed E-state index contributed by atoms with van der Waals surface area (Å²) in [6.45, 7) is 1.35. The van der Waals surface area contributed by atoms with E-state index in [-0.39, 0.29) is 16.8 Å². The number of nitrogens with one attached hydrogen (secondary N) is 1. The molecule has 23 heavy (non-hydrogen) atoms. The van der Waals surface area contributed by atoms with Crippen LogP contribution in [0.2, 0.25) is 5.02 Å². The molecule has 0 aliphatic heterocycles. The van der Waals surface area contributed by atoms with Crippen molar-refractivity contribution in [2.45, 2.75) is 31.9 Å². The Kier molecular flexibility index (Phi) is 3.83. The summed E-state index contributed by atoms with van der Waals surface area (Å²) in [6.07, 6.45) is -2.80. The Morgan fingerprint density at radius 3 is 2.57 bits per heavy atom. The monoisotopic (exact) mass is 343 g/mol. The van der Waals surface area contributed by atoms with Gasteiger partial charge in [-0.1, -0.05) is 11.6 Å². The lowest BCUT2D eigenvalue weighted by molar-refractivity contribution is -0.141. The number of halogens is 4. The number of anilines is 1. The number of nitrogens with zero attached hydrogens (tertiary/aromatic N) is 2. The summed E-state index contributed by atoms with van der Waals surface area (Å²) in [6, 6.07) is 5.71. The van der Waals surface area contributed by atoms with Crippen LogP contribution in [0, 0.1) is 0 Å². The van der Waals surface area contributed by atoms with Crippen molar-refractivity contribution in [1.29, 1.82) is 0 Å². The summed E-state index contributed by atoms with van der Waals surface area (Å²) >= 11 is 6.09. The van der Waals surface area contributed by atoms with Gasteiger partial charge in [-0.2, -0.15) is 18.3 Å². The lowest BCUT2D eigenvalue weighted by atomic mass is 10.2. The number of hydrogen-bond donors (Lipinski definition) is 1. The molecule has 4 nitrogen and oxygen atoms in total. The SMILES string of the molecule is CC(=O)Nc1ccc(-n2nc(C(F)(F)F)cc2C2CC2)cc1Cl. The van der Waals surface area contributed by atoms with Crippen molar-refractivity contribution in [3.05, 3.63) is 40.7 Å². The van der Waals surface area contributed by atoms with Crippen LogP contribution in [0.25, 0.3) is 5.69 Å². The number of rotatable bonds is 3. The molecule has 1 heterocycles. The van der Waals surface area contributed by atoms with Gasteiger partial charge in [-0.3, -0.25) is 4.79 Å². The van der Waals surface area contributed by atoms with Gasteiger partial charge in [0.2, 0.25) is 5.91 Å². The van der Waals surface area contributed by atoms with E-state index in [4.69, 9.17) is 11.6 Å². The molecular weight excluding hydrogens is 331 g/mol. The van der Waals surface area contributed by atoms with E-state index in [1.165, 1.54) is 17.7 Å². The Morgan fingerprint density at radius 2 is 2.04 bits per heavy atom. The van der Waals surface area contributed by atoms with E-state index in [0.717, 1.165) is 18.9 Å². The quantitative estimate of drug-likeness (QED) is 0.899. The zero-order chi connectivity index (χ0) is 16.8. The van der Waals surface area contributed by atoms with Crippen molar-refractivity contribution in [1.82, 2.24) is 9.78 Å². The predicted octanol–water partition coefficient (Wildman–Crippen LogP) is 4.38. The molecule has 1 fully saturated rings. The molecule has 0 bridgehead atoms. The number of amides is 1. The van der Waals surface area contributed by atoms with Gasteiger partial charge < -0.3 is 5.32 Å². The Labute approximate surface area is 135 Å². The normalized spacial score (nSPS) is 14.8. The molecule has 2 aromatic rings. The molecule has 0 atom stereocenters. The van der Waals surface area contributed by atoms with E-state index < -0.39 is 11.9 Å². The Balaban J connectivity index is 2.02. The molecule has 0 saturated heterocycles. The van der Waals surface area contributed by atoms with Gasteiger partial charge in [0.1, 0.15) is 0 Å². The van der Waals surface area contributed by atoms with E-state index in [1.54, 1.807) is 12.1 Å². The summed E-state index contributed by atoms with van der Waals surface area (Å²) in [5.41, 5.74) is 0.447. The fraction of sp³-hybridized carbons (Fsp3) is 0.333. The second-order valence-corrected chi connectivity index (χ2v) is 5.89. The first-order chi connectivity index (χ1) is 10.8. The van der Waals surface area contributed by atoms with Gasteiger partial charge in [0.25, 0.3) is 0 Å². The van der Waals surface area contributed by atoms with Gasteiger partial charge in [-0.25, -0.2) is 4.68 Å². The van der Waals surface area contributed by atoms with Crippen molar-refractivity contribution in [2.75, 3.05) is 5.32 Å². The fourth-order valence-electron chi connectivity index (χ4n) is 2.34. The zero-order valence-corrected chi connectivity index (χ0v) is 12.9. The third-order valence-corrected chi connectivity index (χ3v) is 3.84. The van der Waals surface area contributed by atoms with Gasteiger partial charge in [0, 0.05) is 18.5 Å². The largest absolute Gasteiger partial charge is 0.435 e. The molecule has 8 heteroatoms. The number of carbonyl (C=O) groups is 1. The summed E-state index contributed by atoms with van der Waals surface area (Å²) in [4.78, 5) is 11.1. The molecule has 1 aromatic heterocycles. The molecule has 0 radical (unpaired) electrons. The van der Waals surface area contributed by atoms with Gasteiger partial charge in [-0.05, 0) is 37.1 Å². The topological polar surface area (TPSA) is 46.9 Å². The molecule has 3 rings (SSSR count). The highest BCUT2D eigenvalue weighted by atomic mass is 35.5. The average Bonchev–Trinajstić information content (AvgIpc) is 3.18. The molecule has 1 saturated carbocycles. The molecule has 1 aromatic carbocycles. The number of aromatic nitrogens is 2. The highest BCUT2D eigenvalue weighted by Crippen LogP contribution is 2.43. The second kappa shape index (κ2) is 5.56. The van der Waals surface area contributed by atoms with Crippen LogP contribution >= 0.6 is 11.6 Å². The molecule has 1 amide bonds. The molecule has 1 aliphatic rings. The van der Waals surface area contributed by atoms with Crippen LogP contribution < -0.4 is 5.32 Å². The van der Waals surface area contributed by atoms with E-state index in [1.807, 2.05) is 0 Å². The molecule has 0 spiro atoms. The Bertz CT molecular complexity index is 766. The number of hydrogen-bond acceptors (Lipinski definition) is 2. The average molecular weight is 344 g/mol. The van der Waals surface area contributed by atoms with E-state index in [0.29, 0.717) is 17.1 Å². The van der Waals surface area contributed by atoms with Gasteiger partial charge in [-0.15, -0.1) is 0 Å². The number of benzene rings is 1. The lowest BCUT2D eigenvalue weighted by Crippen LogP contribution is -2.09. The minimum atomic E-state index is -4.49. The van der Waals surface area contributed by atoms with E-state index in [2.05, 4.69) is 10.4 Å². The standard InChI is InChI=1S/C15H13ClF3N3O/c1-8(23)20-12-5-4-10(6-11(12)16)22-13(9-2-3-9)7-14(21-22)15(17,18)19/h4-7,9H,2-3H2,1H3,(H,20,23). The maximum Gasteiger partial charge on any atom is 0.435 e. The zero-order valence-electron chi connectivity index (χ0n) is 12.1. The maximum absolute atomic E-state index is 12.9. The number of carbonyl (C=O) groups excluding carboxylic acids is 1. The third kappa shape index (κ3) is 3.34. The van der Waals surface area contributed by atoms with Crippen molar-refractivity contribution < 1.29 is 18.0 Å². The maximum atomic E-state index is 12.9. The summed E-state index contributed by atoms with van der Waals surface area (Å²) in [5.74, 6) is -0.191. The third-order valence-electron chi connectivity index (χ3n) is 3.53. The minimum Gasteiger partial charge on any atom is -0.325 e. The van der Waals surface area contributed by atoms with Crippen LogP contribution in [0.3, 0.4) is 0 Å². The first-order valence-corrected chi connectivity index (χ1v) is 7.38.